The van der Waals surface area contributed by atoms with E-state index in [0.29, 0.717) is 5.56 Å². The molecular formula is C11H14N2O2S. The van der Waals surface area contributed by atoms with E-state index in [1.54, 1.807) is 12.3 Å². The largest absolute Gasteiger partial charge is 0.465 e. The van der Waals surface area contributed by atoms with Gasteiger partial charge in [0.05, 0.1) is 12.7 Å². The van der Waals surface area contributed by atoms with Crippen LogP contribution in [0.4, 0.5) is 5.82 Å². The van der Waals surface area contributed by atoms with Gasteiger partial charge >= 0.3 is 5.97 Å². The summed E-state index contributed by atoms with van der Waals surface area (Å²) in [6, 6.07) is 3.64. The SMILES string of the molecule is COC(=O)c1ccc(N2CCSCC2)nc1. The summed E-state index contributed by atoms with van der Waals surface area (Å²) in [5.41, 5.74) is 0.498. The van der Waals surface area contributed by atoms with Crippen molar-refractivity contribution in [2.75, 3.05) is 36.6 Å². The van der Waals surface area contributed by atoms with Crippen molar-refractivity contribution in [3.05, 3.63) is 23.9 Å². The predicted molar refractivity (Wildman–Crippen MR) is 65.1 cm³/mol. The summed E-state index contributed by atoms with van der Waals surface area (Å²) in [6.07, 6.45) is 1.57. The molecule has 0 bridgehead atoms. The van der Waals surface area contributed by atoms with Crippen molar-refractivity contribution in [3.8, 4) is 0 Å². The third-order valence-electron chi connectivity index (χ3n) is 2.50. The molecule has 1 saturated heterocycles. The molecular weight excluding hydrogens is 224 g/mol. The zero-order valence-corrected chi connectivity index (χ0v) is 10.00. The number of methoxy groups -OCH3 is 1. The average Bonchev–Trinajstić information content (AvgIpc) is 2.39. The van der Waals surface area contributed by atoms with Crippen LogP contribution < -0.4 is 4.90 Å². The van der Waals surface area contributed by atoms with Crippen molar-refractivity contribution in [1.29, 1.82) is 0 Å². The molecule has 1 aliphatic rings. The Bertz CT molecular complexity index is 361. The van der Waals surface area contributed by atoms with Crippen LogP contribution in [0.15, 0.2) is 18.3 Å². The number of aromatic nitrogens is 1. The van der Waals surface area contributed by atoms with Crippen LogP contribution in [0.2, 0.25) is 0 Å². The van der Waals surface area contributed by atoms with Gasteiger partial charge in [0, 0.05) is 30.8 Å². The fourth-order valence-corrected chi connectivity index (χ4v) is 2.51. The number of anilines is 1. The fourth-order valence-electron chi connectivity index (χ4n) is 1.60. The van der Waals surface area contributed by atoms with Gasteiger partial charge in [-0.05, 0) is 12.1 Å². The Hall–Kier alpha value is -1.23. The lowest BCUT2D eigenvalue weighted by Crippen LogP contribution is -2.33. The zero-order valence-electron chi connectivity index (χ0n) is 9.18. The maximum absolute atomic E-state index is 11.2. The Kier molecular flexibility index (Phi) is 3.66. The fraction of sp³-hybridized carbons (Fsp3) is 0.455. The van der Waals surface area contributed by atoms with E-state index in [9.17, 15) is 4.79 Å². The lowest BCUT2D eigenvalue weighted by Gasteiger charge is -2.27. The Morgan fingerprint density at radius 1 is 1.44 bits per heavy atom. The summed E-state index contributed by atoms with van der Waals surface area (Å²) in [7, 11) is 1.37. The van der Waals surface area contributed by atoms with E-state index in [1.165, 1.54) is 7.11 Å². The topological polar surface area (TPSA) is 42.4 Å². The highest BCUT2D eigenvalue weighted by Gasteiger charge is 2.13. The van der Waals surface area contributed by atoms with E-state index in [0.717, 1.165) is 30.4 Å². The first-order chi connectivity index (χ1) is 7.81. The van der Waals surface area contributed by atoms with Crippen LogP contribution in [0, 0.1) is 0 Å². The Morgan fingerprint density at radius 3 is 2.75 bits per heavy atom. The van der Waals surface area contributed by atoms with Crippen LogP contribution in [-0.2, 0) is 4.74 Å². The summed E-state index contributed by atoms with van der Waals surface area (Å²) >= 11 is 1.96. The molecule has 0 atom stereocenters. The number of thioether (sulfide) groups is 1. The van der Waals surface area contributed by atoms with Gasteiger partial charge in [0.25, 0.3) is 0 Å². The van der Waals surface area contributed by atoms with Crippen LogP contribution in [0.25, 0.3) is 0 Å². The Morgan fingerprint density at radius 2 is 2.19 bits per heavy atom. The van der Waals surface area contributed by atoms with E-state index in [-0.39, 0.29) is 5.97 Å². The average molecular weight is 238 g/mol. The molecule has 0 spiro atoms. The van der Waals surface area contributed by atoms with Gasteiger partial charge in [-0.3, -0.25) is 0 Å². The molecule has 4 nitrogen and oxygen atoms in total. The molecule has 0 unspecified atom stereocenters. The van der Waals surface area contributed by atoms with Crippen molar-refractivity contribution >= 4 is 23.5 Å². The van der Waals surface area contributed by atoms with Gasteiger partial charge < -0.3 is 9.64 Å². The summed E-state index contributed by atoms with van der Waals surface area (Å²) in [4.78, 5) is 17.7. The highest BCUT2D eigenvalue weighted by atomic mass is 32.2. The lowest BCUT2D eigenvalue weighted by atomic mass is 10.3. The summed E-state index contributed by atoms with van der Waals surface area (Å²) in [6.45, 7) is 2.05. The minimum atomic E-state index is -0.340. The van der Waals surface area contributed by atoms with Gasteiger partial charge in [-0.1, -0.05) is 0 Å². The second kappa shape index (κ2) is 5.21. The normalized spacial score (nSPS) is 15.9. The molecule has 0 N–H and O–H groups in total. The highest BCUT2D eigenvalue weighted by Crippen LogP contribution is 2.17. The van der Waals surface area contributed by atoms with Gasteiger partial charge in [0.15, 0.2) is 0 Å². The molecule has 0 radical (unpaired) electrons. The van der Waals surface area contributed by atoms with Gasteiger partial charge in [-0.2, -0.15) is 11.8 Å². The van der Waals surface area contributed by atoms with Crippen molar-refractivity contribution in [3.63, 3.8) is 0 Å². The quantitative estimate of drug-likeness (QED) is 0.729. The first-order valence-corrected chi connectivity index (χ1v) is 6.34. The monoisotopic (exact) mass is 238 g/mol. The number of rotatable bonds is 2. The summed E-state index contributed by atoms with van der Waals surface area (Å²) in [5.74, 6) is 2.88. The van der Waals surface area contributed by atoms with E-state index < -0.39 is 0 Å². The molecule has 2 rings (SSSR count). The van der Waals surface area contributed by atoms with Crippen LogP contribution in [-0.4, -0.2) is 42.7 Å². The van der Waals surface area contributed by atoms with Crippen molar-refractivity contribution in [2.24, 2.45) is 0 Å². The van der Waals surface area contributed by atoms with Gasteiger partial charge in [0.1, 0.15) is 5.82 Å². The van der Waals surface area contributed by atoms with E-state index >= 15 is 0 Å². The highest BCUT2D eigenvalue weighted by molar-refractivity contribution is 7.99. The summed E-state index contributed by atoms with van der Waals surface area (Å²) < 4.78 is 4.63. The maximum Gasteiger partial charge on any atom is 0.339 e. The first-order valence-electron chi connectivity index (χ1n) is 5.18. The molecule has 0 saturated carbocycles. The number of ether oxygens (including phenoxy) is 1. The van der Waals surface area contributed by atoms with Gasteiger partial charge in [-0.15, -0.1) is 0 Å². The number of hydrogen-bond acceptors (Lipinski definition) is 5. The van der Waals surface area contributed by atoms with E-state index in [1.807, 2.05) is 17.8 Å². The zero-order chi connectivity index (χ0) is 11.4. The van der Waals surface area contributed by atoms with E-state index in [2.05, 4.69) is 14.6 Å². The minimum Gasteiger partial charge on any atom is -0.465 e. The van der Waals surface area contributed by atoms with Crippen LogP contribution in [0.5, 0.6) is 0 Å². The minimum absolute atomic E-state index is 0.340. The number of esters is 1. The predicted octanol–water partition coefficient (Wildman–Crippen LogP) is 1.42. The molecule has 86 valence electrons. The Labute approximate surface area is 99.0 Å². The standard InChI is InChI=1S/C11H14N2O2S/c1-15-11(14)9-2-3-10(12-8-9)13-4-6-16-7-5-13/h2-3,8H,4-7H2,1H3. The molecule has 16 heavy (non-hydrogen) atoms. The third-order valence-corrected chi connectivity index (χ3v) is 3.45. The molecule has 1 fully saturated rings. The molecule has 5 heteroatoms. The second-order valence-electron chi connectivity index (χ2n) is 3.50. The maximum atomic E-state index is 11.2. The molecule has 0 aliphatic carbocycles. The van der Waals surface area contributed by atoms with Gasteiger partial charge in [-0.25, -0.2) is 9.78 Å². The molecule has 0 amide bonds. The summed E-state index contributed by atoms with van der Waals surface area (Å²) in [5, 5.41) is 0. The van der Waals surface area contributed by atoms with Crippen LogP contribution in [0.1, 0.15) is 10.4 Å². The van der Waals surface area contributed by atoms with Gasteiger partial charge in [0.2, 0.25) is 0 Å². The lowest BCUT2D eigenvalue weighted by molar-refractivity contribution is 0.0600. The van der Waals surface area contributed by atoms with Crippen molar-refractivity contribution < 1.29 is 9.53 Å². The number of pyridine rings is 1. The van der Waals surface area contributed by atoms with Crippen LogP contribution >= 0.6 is 11.8 Å². The molecule has 0 aromatic carbocycles. The van der Waals surface area contributed by atoms with Crippen LogP contribution in [0.3, 0.4) is 0 Å². The second-order valence-corrected chi connectivity index (χ2v) is 4.72. The van der Waals surface area contributed by atoms with Crippen molar-refractivity contribution in [1.82, 2.24) is 4.98 Å². The first kappa shape index (κ1) is 11.3. The Balaban J connectivity index is 2.09. The van der Waals surface area contributed by atoms with E-state index in [4.69, 9.17) is 0 Å². The molecule has 1 aliphatic heterocycles. The smallest absolute Gasteiger partial charge is 0.339 e. The third kappa shape index (κ3) is 2.47. The molecule has 2 heterocycles. The number of carbonyl (C=O) groups is 1. The number of hydrogen-bond donors (Lipinski definition) is 0. The molecule has 1 aromatic rings. The molecule has 1 aromatic heterocycles. The van der Waals surface area contributed by atoms with Crippen molar-refractivity contribution in [2.45, 2.75) is 0 Å². The number of nitrogens with zero attached hydrogens (tertiary/aromatic N) is 2. The number of carbonyl (C=O) groups excluding carboxylic acids is 1.